The molecule has 74 heavy (non-hydrogen) atoms. The summed E-state index contributed by atoms with van der Waals surface area (Å²) in [5.41, 5.74) is 23.9. The van der Waals surface area contributed by atoms with Crippen LogP contribution in [-0.4, -0.2) is 115 Å². The summed E-state index contributed by atoms with van der Waals surface area (Å²) < 4.78 is 35.4. The summed E-state index contributed by atoms with van der Waals surface area (Å²) in [4.78, 5) is 55.2. The Labute approximate surface area is 438 Å². The zero-order chi connectivity index (χ0) is 52.9. The lowest BCUT2D eigenvalue weighted by atomic mass is 9.90. The molecule has 0 heterocycles. The number of benzene rings is 3. The number of amides is 4. The van der Waals surface area contributed by atoms with Crippen molar-refractivity contribution in [3.05, 3.63) is 70.8 Å². The van der Waals surface area contributed by atoms with E-state index in [9.17, 15) is 19.2 Å². The first-order chi connectivity index (χ1) is 36.1. The predicted molar refractivity (Wildman–Crippen MR) is 288 cm³/mol. The number of methoxy groups -OCH3 is 2. The lowest BCUT2D eigenvalue weighted by Gasteiger charge is -2.30. The van der Waals surface area contributed by atoms with Gasteiger partial charge in [0, 0.05) is 42.4 Å². The van der Waals surface area contributed by atoms with E-state index in [-0.39, 0.29) is 70.4 Å². The molecule has 2 aliphatic carbocycles. The van der Waals surface area contributed by atoms with E-state index in [0.29, 0.717) is 138 Å². The number of hydrogen-bond acceptors (Lipinski definition) is 14. The number of ether oxygens (including phenoxy) is 6. The zero-order valence-electron chi connectivity index (χ0n) is 44.1. The van der Waals surface area contributed by atoms with Crippen molar-refractivity contribution >= 4 is 23.6 Å². The summed E-state index contributed by atoms with van der Waals surface area (Å²) in [5, 5.41) is 12.7. The van der Waals surface area contributed by atoms with E-state index in [0.717, 1.165) is 77.0 Å². The molecule has 18 heteroatoms. The van der Waals surface area contributed by atoms with Gasteiger partial charge in [0.15, 0.2) is 0 Å². The molecule has 0 bridgehead atoms. The first-order valence-electron chi connectivity index (χ1n) is 27.2. The second-order valence-corrected chi connectivity index (χ2v) is 19.4. The highest BCUT2D eigenvalue weighted by molar-refractivity contribution is 6.03. The van der Waals surface area contributed by atoms with Gasteiger partial charge in [-0.05, 0) is 185 Å². The van der Waals surface area contributed by atoms with Gasteiger partial charge in [-0.2, -0.15) is 0 Å². The lowest BCUT2D eigenvalue weighted by molar-refractivity contribution is 0.0883. The molecule has 4 amide bonds. The van der Waals surface area contributed by atoms with Crippen LogP contribution in [0.3, 0.4) is 0 Å². The molecule has 3 aromatic rings. The van der Waals surface area contributed by atoms with Crippen LogP contribution in [0.15, 0.2) is 48.5 Å². The van der Waals surface area contributed by atoms with Crippen LogP contribution in [0.2, 0.25) is 0 Å². The Morgan fingerprint density at radius 1 is 0.378 bits per heavy atom. The minimum Gasteiger partial charge on any atom is -0.496 e. The van der Waals surface area contributed by atoms with E-state index in [1.165, 1.54) is 20.3 Å². The quantitative estimate of drug-likeness (QED) is 0.0290. The van der Waals surface area contributed by atoms with Crippen LogP contribution in [0.25, 0.3) is 0 Å². The Hall–Kier alpha value is -5.82. The molecule has 0 aromatic heterocycles. The van der Waals surface area contributed by atoms with Crippen molar-refractivity contribution in [1.29, 1.82) is 0 Å². The molecule has 0 spiro atoms. The van der Waals surface area contributed by atoms with E-state index >= 15 is 0 Å². The van der Waals surface area contributed by atoms with Gasteiger partial charge in [-0.1, -0.05) is 0 Å². The number of nitrogens with two attached hydrogens (primary N) is 4. The Kier molecular flexibility index (Phi) is 26.5. The standard InChI is InChI=1S/C56H86N8O10/c1-69-49-38-50(70-2)48(56(68)64-42-21-17-40(18-22-42)62-54(66)46-26-24-44(72-32-12-4-8-28-58)36-52(46)74-34-14-6-10-30-60)37-47(49)55(67)63-41-19-15-39(16-20-41)61-53(65)45-25-23-43(71-31-11-3-7-27-57)35-51(45)73-33-13-5-9-29-59/h23-26,35-42H,3-22,27-34,57-60H2,1-2H3,(H,61,65)(H,62,66)(H,63,67)(H,64,68)/t39-,40-,41-,42-. The third kappa shape index (κ3) is 19.5. The van der Waals surface area contributed by atoms with Gasteiger partial charge in [0.1, 0.15) is 34.5 Å². The third-order valence-corrected chi connectivity index (χ3v) is 13.6. The maximum Gasteiger partial charge on any atom is 0.255 e. The van der Waals surface area contributed by atoms with Crippen LogP contribution >= 0.6 is 0 Å². The Balaban J connectivity index is 1.13. The van der Waals surface area contributed by atoms with Crippen LogP contribution in [0.4, 0.5) is 0 Å². The Morgan fingerprint density at radius 2 is 0.676 bits per heavy atom. The minimum absolute atomic E-state index is 0.0995. The van der Waals surface area contributed by atoms with Gasteiger partial charge in [0.05, 0.1) is 62.9 Å². The van der Waals surface area contributed by atoms with Crippen LogP contribution in [0.1, 0.15) is 170 Å². The number of hydrogen-bond donors (Lipinski definition) is 8. The fourth-order valence-electron chi connectivity index (χ4n) is 9.31. The highest BCUT2D eigenvalue weighted by Crippen LogP contribution is 2.32. The van der Waals surface area contributed by atoms with Crippen molar-refractivity contribution in [3.8, 4) is 34.5 Å². The summed E-state index contributed by atoms with van der Waals surface area (Å²) >= 11 is 0. The Morgan fingerprint density at radius 3 is 0.973 bits per heavy atom. The van der Waals surface area contributed by atoms with Gasteiger partial charge < -0.3 is 72.6 Å². The van der Waals surface area contributed by atoms with Gasteiger partial charge in [-0.3, -0.25) is 19.2 Å². The second-order valence-electron chi connectivity index (χ2n) is 19.4. The zero-order valence-corrected chi connectivity index (χ0v) is 44.1. The van der Waals surface area contributed by atoms with Crippen molar-refractivity contribution < 1.29 is 47.6 Å². The van der Waals surface area contributed by atoms with Crippen LogP contribution in [0.5, 0.6) is 34.5 Å². The largest absolute Gasteiger partial charge is 0.496 e. The van der Waals surface area contributed by atoms with E-state index < -0.39 is 0 Å². The van der Waals surface area contributed by atoms with E-state index in [4.69, 9.17) is 51.4 Å². The summed E-state index contributed by atoms with van der Waals surface area (Å²) in [5.74, 6) is 1.59. The molecule has 0 unspecified atom stereocenters. The summed E-state index contributed by atoms with van der Waals surface area (Å²) in [7, 11) is 2.94. The van der Waals surface area contributed by atoms with Crippen LogP contribution in [-0.2, 0) is 0 Å². The van der Waals surface area contributed by atoms with Gasteiger partial charge >= 0.3 is 0 Å². The number of unbranched alkanes of at least 4 members (excludes halogenated alkanes) is 8. The smallest absolute Gasteiger partial charge is 0.255 e. The molecule has 0 radical (unpaired) electrons. The van der Waals surface area contributed by atoms with E-state index in [2.05, 4.69) is 21.3 Å². The first kappa shape index (κ1) is 59.1. The van der Waals surface area contributed by atoms with E-state index in [1.807, 2.05) is 0 Å². The molecule has 2 saturated carbocycles. The lowest BCUT2D eigenvalue weighted by Crippen LogP contribution is -2.44. The van der Waals surface area contributed by atoms with Crippen molar-refractivity contribution in [1.82, 2.24) is 21.3 Å². The van der Waals surface area contributed by atoms with Crippen molar-refractivity contribution in [3.63, 3.8) is 0 Å². The Bertz CT molecular complexity index is 2030. The van der Waals surface area contributed by atoms with Crippen molar-refractivity contribution in [2.45, 2.75) is 153 Å². The normalized spacial score (nSPS) is 17.4. The monoisotopic (exact) mass is 1030 g/mol. The second kappa shape index (κ2) is 33.2. The van der Waals surface area contributed by atoms with Gasteiger partial charge in [0.2, 0.25) is 0 Å². The molecule has 0 saturated heterocycles. The molecular formula is C56H86N8O10. The maximum atomic E-state index is 13.9. The molecule has 0 atom stereocenters. The molecule has 2 fully saturated rings. The molecular weight excluding hydrogens is 945 g/mol. The fourth-order valence-corrected chi connectivity index (χ4v) is 9.31. The maximum absolute atomic E-state index is 13.9. The fraction of sp³-hybridized carbons (Fsp3) is 0.607. The van der Waals surface area contributed by atoms with Crippen LogP contribution < -0.4 is 72.6 Å². The topological polar surface area (TPSA) is 276 Å². The molecule has 18 nitrogen and oxygen atoms in total. The number of rotatable bonds is 34. The molecule has 410 valence electrons. The van der Waals surface area contributed by atoms with Gasteiger partial charge in [-0.15, -0.1) is 0 Å². The molecule has 12 N–H and O–H groups in total. The number of carbonyl (C=O) groups is 4. The molecule has 3 aromatic carbocycles. The average Bonchev–Trinajstić information content (AvgIpc) is 3.41. The van der Waals surface area contributed by atoms with Crippen molar-refractivity contribution in [2.75, 3.05) is 66.8 Å². The highest BCUT2D eigenvalue weighted by atomic mass is 16.5. The predicted octanol–water partition coefficient (Wildman–Crippen LogP) is 6.68. The summed E-state index contributed by atoms with van der Waals surface area (Å²) in [6.45, 7) is 4.57. The number of carbonyl (C=O) groups excluding carboxylic acids is 4. The first-order valence-corrected chi connectivity index (χ1v) is 27.2. The molecule has 5 rings (SSSR count). The SMILES string of the molecule is COc1cc(OC)c(C(=O)N[C@H]2CC[C@H](NC(=O)c3ccc(OCCCCCN)cc3OCCCCCN)CC2)cc1C(=O)N[C@H]1CC[C@H](NC(=O)c2ccc(OCCCCCN)cc2OCCCCCN)CC1. The van der Waals surface area contributed by atoms with Crippen molar-refractivity contribution in [2.24, 2.45) is 22.9 Å². The highest BCUT2D eigenvalue weighted by Gasteiger charge is 2.30. The summed E-state index contributed by atoms with van der Waals surface area (Å²) in [6.07, 6.45) is 16.1. The minimum atomic E-state index is -0.377. The van der Waals surface area contributed by atoms with Gasteiger partial charge in [-0.25, -0.2) is 0 Å². The average molecular weight is 1030 g/mol. The molecule has 2 aliphatic rings. The third-order valence-electron chi connectivity index (χ3n) is 13.6. The van der Waals surface area contributed by atoms with Gasteiger partial charge in [0.25, 0.3) is 23.6 Å². The van der Waals surface area contributed by atoms with E-state index in [1.54, 1.807) is 42.5 Å². The van der Waals surface area contributed by atoms with Crippen LogP contribution in [0, 0.1) is 0 Å². The molecule has 0 aliphatic heterocycles. The summed E-state index contributed by atoms with van der Waals surface area (Å²) in [6, 6.07) is 13.2. The number of nitrogens with one attached hydrogen (secondary N) is 4.